The minimum Gasteiger partial charge on any atom is -0.390 e. The second kappa shape index (κ2) is 2.19. The first-order valence-corrected chi connectivity index (χ1v) is 3.76. The Morgan fingerprint density at radius 2 is 2.10 bits per heavy atom. The van der Waals surface area contributed by atoms with Crippen molar-refractivity contribution in [3.63, 3.8) is 0 Å². The summed E-state index contributed by atoms with van der Waals surface area (Å²) in [5.74, 6) is 0. The fourth-order valence-corrected chi connectivity index (χ4v) is 1.73. The van der Waals surface area contributed by atoms with Crippen LogP contribution >= 0.6 is 0 Å². The van der Waals surface area contributed by atoms with Gasteiger partial charge in [0, 0.05) is 0 Å². The highest BCUT2D eigenvalue weighted by Gasteiger charge is 2.43. The number of ether oxygens (including phenoxy) is 2. The third-order valence-electron chi connectivity index (χ3n) is 2.21. The summed E-state index contributed by atoms with van der Waals surface area (Å²) in [6, 6.07) is 0. The van der Waals surface area contributed by atoms with Gasteiger partial charge in [-0.15, -0.1) is 0 Å². The lowest BCUT2D eigenvalue weighted by Crippen LogP contribution is -2.25. The number of aliphatic hydroxyl groups excluding tert-OH is 1. The zero-order valence-electron chi connectivity index (χ0n) is 5.99. The number of hydrogen-bond donors (Lipinski definition) is 1. The van der Waals surface area contributed by atoms with Crippen LogP contribution in [0.4, 0.5) is 0 Å². The van der Waals surface area contributed by atoms with E-state index in [0.717, 1.165) is 12.8 Å². The molecule has 0 aromatic carbocycles. The molecule has 0 spiro atoms. The van der Waals surface area contributed by atoms with Crippen LogP contribution in [0.15, 0.2) is 0 Å². The molecule has 2 fully saturated rings. The Balaban J connectivity index is 2.05. The molecular weight excluding hydrogens is 132 g/mol. The lowest BCUT2D eigenvalue weighted by molar-refractivity contribution is -0.0771. The smallest absolute Gasteiger partial charge is 0.155 e. The van der Waals surface area contributed by atoms with E-state index in [1.165, 1.54) is 0 Å². The molecule has 0 amide bonds. The molecule has 1 saturated heterocycles. The maximum atomic E-state index is 9.31. The van der Waals surface area contributed by atoms with E-state index in [1.54, 1.807) is 0 Å². The van der Waals surface area contributed by atoms with Crippen molar-refractivity contribution in [3.05, 3.63) is 0 Å². The Morgan fingerprint density at radius 3 is 2.80 bits per heavy atom. The second-order valence-corrected chi connectivity index (χ2v) is 2.99. The molecule has 0 bridgehead atoms. The minimum absolute atomic E-state index is 0.0463. The van der Waals surface area contributed by atoms with Crippen LogP contribution in [0, 0.1) is 0 Å². The second-order valence-electron chi connectivity index (χ2n) is 2.99. The SMILES string of the molecule is CC1OC2CCC(O)C2O1. The van der Waals surface area contributed by atoms with Gasteiger partial charge in [-0.1, -0.05) is 0 Å². The molecule has 10 heavy (non-hydrogen) atoms. The molecule has 2 aliphatic rings. The summed E-state index contributed by atoms with van der Waals surface area (Å²) in [5.41, 5.74) is 0. The maximum absolute atomic E-state index is 9.31. The maximum Gasteiger partial charge on any atom is 0.155 e. The van der Waals surface area contributed by atoms with Crippen molar-refractivity contribution in [1.82, 2.24) is 0 Å². The molecule has 1 N–H and O–H groups in total. The van der Waals surface area contributed by atoms with Gasteiger partial charge in [0.15, 0.2) is 6.29 Å². The molecule has 3 heteroatoms. The molecule has 2 rings (SSSR count). The number of fused-ring (bicyclic) bond motifs is 1. The highest BCUT2D eigenvalue weighted by molar-refractivity contribution is 4.89. The summed E-state index contributed by atoms with van der Waals surface area (Å²) in [4.78, 5) is 0. The van der Waals surface area contributed by atoms with Gasteiger partial charge in [-0.2, -0.15) is 0 Å². The predicted octanol–water partition coefficient (Wildman–Crippen LogP) is 0.271. The van der Waals surface area contributed by atoms with E-state index >= 15 is 0 Å². The molecule has 3 nitrogen and oxygen atoms in total. The van der Waals surface area contributed by atoms with E-state index in [2.05, 4.69) is 0 Å². The van der Waals surface area contributed by atoms with E-state index in [0.29, 0.717) is 0 Å². The van der Waals surface area contributed by atoms with Crippen LogP contribution in [0.5, 0.6) is 0 Å². The molecule has 0 aromatic rings. The van der Waals surface area contributed by atoms with E-state index in [9.17, 15) is 5.11 Å². The molecule has 1 heterocycles. The molecule has 0 radical (unpaired) electrons. The number of rotatable bonds is 0. The Labute approximate surface area is 59.9 Å². The van der Waals surface area contributed by atoms with Crippen molar-refractivity contribution in [2.75, 3.05) is 0 Å². The first-order chi connectivity index (χ1) is 4.77. The van der Waals surface area contributed by atoms with Gasteiger partial charge in [0.1, 0.15) is 6.10 Å². The fraction of sp³-hybridized carbons (Fsp3) is 1.00. The lowest BCUT2D eigenvalue weighted by Gasteiger charge is -2.09. The summed E-state index contributed by atoms with van der Waals surface area (Å²) in [7, 11) is 0. The van der Waals surface area contributed by atoms with Gasteiger partial charge in [0.2, 0.25) is 0 Å². The number of hydrogen-bond acceptors (Lipinski definition) is 3. The summed E-state index contributed by atoms with van der Waals surface area (Å²) < 4.78 is 10.7. The van der Waals surface area contributed by atoms with Gasteiger partial charge in [0.05, 0.1) is 12.2 Å². The first-order valence-electron chi connectivity index (χ1n) is 3.76. The molecule has 4 atom stereocenters. The quantitative estimate of drug-likeness (QED) is 0.530. The third-order valence-corrected chi connectivity index (χ3v) is 2.21. The van der Waals surface area contributed by atoms with Gasteiger partial charge < -0.3 is 14.6 Å². The summed E-state index contributed by atoms with van der Waals surface area (Å²) in [6.45, 7) is 1.87. The summed E-state index contributed by atoms with van der Waals surface area (Å²) >= 11 is 0. The van der Waals surface area contributed by atoms with Crippen LogP contribution in [-0.2, 0) is 9.47 Å². The van der Waals surface area contributed by atoms with Gasteiger partial charge >= 0.3 is 0 Å². The number of aliphatic hydroxyl groups is 1. The molecule has 1 aliphatic carbocycles. The van der Waals surface area contributed by atoms with Crippen LogP contribution in [0.2, 0.25) is 0 Å². The van der Waals surface area contributed by atoms with Crippen molar-refractivity contribution in [3.8, 4) is 0 Å². The van der Waals surface area contributed by atoms with Crippen LogP contribution in [-0.4, -0.2) is 29.7 Å². The van der Waals surface area contributed by atoms with E-state index < -0.39 is 0 Å². The normalized spacial score (nSPS) is 53.4. The van der Waals surface area contributed by atoms with Gasteiger partial charge in [-0.3, -0.25) is 0 Å². The van der Waals surface area contributed by atoms with Crippen LogP contribution < -0.4 is 0 Å². The zero-order valence-corrected chi connectivity index (χ0v) is 5.99. The van der Waals surface area contributed by atoms with Gasteiger partial charge in [0.25, 0.3) is 0 Å². The zero-order chi connectivity index (χ0) is 7.14. The predicted molar refractivity (Wildman–Crippen MR) is 34.4 cm³/mol. The van der Waals surface area contributed by atoms with Crippen molar-refractivity contribution < 1.29 is 14.6 Å². The molecule has 58 valence electrons. The molecule has 1 aliphatic heterocycles. The van der Waals surface area contributed by atoms with Crippen LogP contribution in [0.1, 0.15) is 19.8 Å². The van der Waals surface area contributed by atoms with Gasteiger partial charge in [-0.25, -0.2) is 0 Å². The molecular formula is C7H12O3. The topological polar surface area (TPSA) is 38.7 Å². The van der Waals surface area contributed by atoms with Gasteiger partial charge in [-0.05, 0) is 19.8 Å². The standard InChI is InChI=1S/C7H12O3/c1-4-9-6-3-2-5(8)7(6)10-4/h4-8H,2-3H2,1H3. The average molecular weight is 144 g/mol. The monoisotopic (exact) mass is 144 g/mol. The van der Waals surface area contributed by atoms with E-state index in [4.69, 9.17) is 9.47 Å². The third kappa shape index (κ3) is 0.856. The van der Waals surface area contributed by atoms with Crippen molar-refractivity contribution in [2.24, 2.45) is 0 Å². The first kappa shape index (κ1) is 6.58. The Kier molecular flexibility index (Phi) is 1.44. The lowest BCUT2D eigenvalue weighted by atomic mass is 10.2. The molecule has 0 aromatic heterocycles. The van der Waals surface area contributed by atoms with Crippen LogP contribution in [0.25, 0.3) is 0 Å². The van der Waals surface area contributed by atoms with Crippen molar-refractivity contribution >= 4 is 0 Å². The largest absolute Gasteiger partial charge is 0.390 e. The van der Waals surface area contributed by atoms with E-state index in [1.807, 2.05) is 6.92 Å². The molecule has 1 saturated carbocycles. The Morgan fingerprint density at radius 1 is 1.30 bits per heavy atom. The fourth-order valence-electron chi connectivity index (χ4n) is 1.73. The van der Waals surface area contributed by atoms with Crippen molar-refractivity contribution in [2.45, 2.75) is 44.4 Å². The average Bonchev–Trinajstić information content (AvgIpc) is 2.35. The Bertz CT molecular complexity index is 137. The highest BCUT2D eigenvalue weighted by atomic mass is 16.7. The molecule has 4 unspecified atom stereocenters. The summed E-state index contributed by atoms with van der Waals surface area (Å²) in [6.07, 6.45) is 1.46. The summed E-state index contributed by atoms with van der Waals surface area (Å²) in [5, 5.41) is 9.31. The van der Waals surface area contributed by atoms with Crippen LogP contribution in [0.3, 0.4) is 0 Å². The highest BCUT2D eigenvalue weighted by Crippen LogP contribution is 2.32. The van der Waals surface area contributed by atoms with Crippen molar-refractivity contribution in [1.29, 1.82) is 0 Å². The van der Waals surface area contributed by atoms with E-state index in [-0.39, 0.29) is 24.6 Å². The Hall–Kier alpha value is -0.120. The minimum atomic E-state index is -0.296.